The molecule has 0 bridgehead atoms. The maximum Gasteiger partial charge on any atom is 0.241 e. The van der Waals surface area contributed by atoms with Crippen LogP contribution in [0.25, 0.3) is 11.4 Å². The smallest absolute Gasteiger partial charge is 0.241 e. The standard InChI is InChI=1S/C14H17N5O2/c1-8-16-13(19-18-8)9-3-2-4-10(5-9)17-14(21)12-6-11(20)7-15-12/h2-5,11-12,15,20H,6-7H2,1H3,(H,17,21)(H,16,18,19). The Morgan fingerprint density at radius 1 is 1.48 bits per heavy atom. The van der Waals surface area contributed by atoms with Crippen molar-refractivity contribution in [3.63, 3.8) is 0 Å². The molecule has 0 saturated carbocycles. The average Bonchev–Trinajstić information content (AvgIpc) is 3.08. The molecular weight excluding hydrogens is 270 g/mol. The zero-order valence-electron chi connectivity index (χ0n) is 11.6. The minimum Gasteiger partial charge on any atom is -0.392 e. The molecule has 0 spiro atoms. The van der Waals surface area contributed by atoms with Gasteiger partial charge < -0.3 is 15.7 Å². The van der Waals surface area contributed by atoms with Gasteiger partial charge in [0, 0.05) is 17.8 Å². The van der Waals surface area contributed by atoms with Crippen LogP contribution < -0.4 is 10.6 Å². The minimum atomic E-state index is -0.455. The summed E-state index contributed by atoms with van der Waals surface area (Å²) in [6.45, 7) is 2.29. The summed E-state index contributed by atoms with van der Waals surface area (Å²) in [4.78, 5) is 16.4. The summed E-state index contributed by atoms with van der Waals surface area (Å²) < 4.78 is 0. The van der Waals surface area contributed by atoms with Crippen LogP contribution in [0.4, 0.5) is 5.69 Å². The summed E-state index contributed by atoms with van der Waals surface area (Å²) in [5.74, 6) is 1.19. The van der Waals surface area contributed by atoms with Crippen LogP contribution in [0.3, 0.4) is 0 Å². The molecule has 7 nitrogen and oxygen atoms in total. The van der Waals surface area contributed by atoms with Crippen LogP contribution in [0.15, 0.2) is 24.3 Å². The van der Waals surface area contributed by atoms with Crippen molar-refractivity contribution in [2.45, 2.75) is 25.5 Å². The number of carbonyl (C=O) groups excluding carboxylic acids is 1. The Kier molecular flexibility index (Phi) is 3.68. The number of aromatic amines is 1. The van der Waals surface area contributed by atoms with Gasteiger partial charge in [-0.25, -0.2) is 4.98 Å². The molecule has 1 aliphatic heterocycles. The van der Waals surface area contributed by atoms with Gasteiger partial charge >= 0.3 is 0 Å². The molecular formula is C14H17N5O2. The monoisotopic (exact) mass is 287 g/mol. The Morgan fingerprint density at radius 3 is 3.00 bits per heavy atom. The van der Waals surface area contributed by atoms with E-state index in [1.807, 2.05) is 31.2 Å². The molecule has 110 valence electrons. The molecule has 2 unspecified atom stereocenters. The normalized spacial score (nSPS) is 21.4. The first kappa shape index (κ1) is 13.7. The van der Waals surface area contributed by atoms with E-state index in [0.717, 1.165) is 11.4 Å². The highest BCUT2D eigenvalue weighted by Gasteiger charge is 2.27. The fourth-order valence-electron chi connectivity index (χ4n) is 2.35. The molecule has 2 atom stereocenters. The van der Waals surface area contributed by atoms with Gasteiger partial charge in [0.2, 0.25) is 5.91 Å². The third-order valence-electron chi connectivity index (χ3n) is 3.41. The number of aliphatic hydroxyl groups is 1. The Hall–Kier alpha value is -2.25. The van der Waals surface area contributed by atoms with Crippen LogP contribution in [-0.4, -0.2) is 44.9 Å². The van der Waals surface area contributed by atoms with Crippen LogP contribution in [0.2, 0.25) is 0 Å². The first-order chi connectivity index (χ1) is 10.1. The molecule has 1 fully saturated rings. The van der Waals surface area contributed by atoms with E-state index < -0.39 is 6.10 Å². The van der Waals surface area contributed by atoms with Crippen LogP contribution >= 0.6 is 0 Å². The Morgan fingerprint density at radius 2 is 2.33 bits per heavy atom. The number of β-amino-alcohol motifs (C(OH)–C–C–N with tert-alkyl or cyclic N) is 1. The fourth-order valence-corrected chi connectivity index (χ4v) is 2.35. The molecule has 0 aliphatic carbocycles. The van der Waals surface area contributed by atoms with Crippen molar-refractivity contribution in [3.8, 4) is 11.4 Å². The van der Waals surface area contributed by atoms with Crippen LogP contribution in [0.1, 0.15) is 12.2 Å². The van der Waals surface area contributed by atoms with Crippen LogP contribution in [0, 0.1) is 6.92 Å². The predicted octanol–water partition coefficient (Wildman–Crippen LogP) is 0.441. The predicted molar refractivity (Wildman–Crippen MR) is 77.6 cm³/mol. The second kappa shape index (κ2) is 5.63. The van der Waals surface area contributed by atoms with Gasteiger partial charge in [0.05, 0.1) is 12.1 Å². The van der Waals surface area contributed by atoms with Gasteiger partial charge in [-0.3, -0.25) is 9.89 Å². The number of H-pyrrole nitrogens is 1. The zero-order chi connectivity index (χ0) is 14.8. The van der Waals surface area contributed by atoms with Crippen molar-refractivity contribution >= 4 is 11.6 Å². The van der Waals surface area contributed by atoms with E-state index in [-0.39, 0.29) is 11.9 Å². The lowest BCUT2D eigenvalue weighted by atomic mass is 10.1. The quantitative estimate of drug-likeness (QED) is 0.656. The van der Waals surface area contributed by atoms with E-state index in [1.54, 1.807) is 0 Å². The average molecular weight is 287 g/mol. The summed E-state index contributed by atoms with van der Waals surface area (Å²) in [7, 11) is 0. The largest absolute Gasteiger partial charge is 0.392 e. The maximum atomic E-state index is 12.1. The van der Waals surface area contributed by atoms with Gasteiger partial charge in [0.1, 0.15) is 5.82 Å². The molecule has 1 aliphatic rings. The third kappa shape index (κ3) is 3.09. The highest BCUT2D eigenvalue weighted by Crippen LogP contribution is 2.20. The molecule has 2 heterocycles. The van der Waals surface area contributed by atoms with Gasteiger partial charge in [-0.05, 0) is 25.5 Å². The van der Waals surface area contributed by atoms with Gasteiger partial charge in [-0.2, -0.15) is 5.10 Å². The van der Waals surface area contributed by atoms with E-state index in [2.05, 4.69) is 25.8 Å². The first-order valence-corrected chi connectivity index (χ1v) is 6.83. The highest BCUT2D eigenvalue weighted by molar-refractivity contribution is 5.95. The number of rotatable bonds is 3. The molecule has 2 aromatic rings. The summed E-state index contributed by atoms with van der Waals surface area (Å²) in [6, 6.07) is 7.01. The molecule has 0 radical (unpaired) electrons. The lowest BCUT2D eigenvalue weighted by Crippen LogP contribution is -2.35. The molecule has 1 amide bonds. The van der Waals surface area contributed by atoms with Crippen molar-refractivity contribution in [1.29, 1.82) is 0 Å². The first-order valence-electron chi connectivity index (χ1n) is 6.83. The number of nitrogens with zero attached hydrogens (tertiary/aromatic N) is 2. The van der Waals surface area contributed by atoms with E-state index in [0.29, 0.717) is 24.5 Å². The Bertz CT molecular complexity index is 654. The van der Waals surface area contributed by atoms with Crippen molar-refractivity contribution < 1.29 is 9.90 Å². The van der Waals surface area contributed by atoms with Gasteiger partial charge in [-0.1, -0.05) is 12.1 Å². The van der Waals surface area contributed by atoms with Crippen molar-refractivity contribution in [1.82, 2.24) is 20.5 Å². The Balaban J connectivity index is 1.73. The lowest BCUT2D eigenvalue weighted by Gasteiger charge is -2.11. The number of anilines is 1. The number of aromatic nitrogens is 3. The van der Waals surface area contributed by atoms with E-state index >= 15 is 0 Å². The summed E-state index contributed by atoms with van der Waals surface area (Å²) in [6.07, 6.45) is -0.0191. The third-order valence-corrected chi connectivity index (χ3v) is 3.41. The molecule has 1 saturated heterocycles. The van der Waals surface area contributed by atoms with Crippen LogP contribution in [0.5, 0.6) is 0 Å². The second-order valence-electron chi connectivity index (χ2n) is 5.16. The zero-order valence-corrected chi connectivity index (χ0v) is 11.6. The number of aryl methyl sites for hydroxylation is 1. The molecule has 3 rings (SSSR count). The SMILES string of the molecule is Cc1nc(-c2cccc(NC(=O)C3CC(O)CN3)c2)n[nH]1. The van der Waals surface area contributed by atoms with E-state index in [1.165, 1.54) is 0 Å². The number of benzene rings is 1. The summed E-state index contributed by atoms with van der Waals surface area (Å²) >= 11 is 0. The summed E-state index contributed by atoms with van der Waals surface area (Å²) in [5, 5.41) is 22.2. The molecule has 21 heavy (non-hydrogen) atoms. The van der Waals surface area contributed by atoms with E-state index in [4.69, 9.17) is 0 Å². The number of aliphatic hydroxyl groups excluding tert-OH is 1. The summed E-state index contributed by atoms with van der Waals surface area (Å²) in [5.41, 5.74) is 1.51. The van der Waals surface area contributed by atoms with Crippen molar-refractivity contribution in [2.24, 2.45) is 0 Å². The van der Waals surface area contributed by atoms with Crippen molar-refractivity contribution in [2.75, 3.05) is 11.9 Å². The molecule has 7 heteroatoms. The topological polar surface area (TPSA) is 103 Å². The molecule has 4 N–H and O–H groups in total. The van der Waals surface area contributed by atoms with Gasteiger partial charge in [-0.15, -0.1) is 0 Å². The highest BCUT2D eigenvalue weighted by atomic mass is 16.3. The fraction of sp³-hybridized carbons (Fsp3) is 0.357. The number of amides is 1. The second-order valence-corrected chi connectivity index (χ2v) is 5.16. The van der Waals surface area contributed by atoms with Crippen LogP contribution in [-0.2, 0) is 4.79 Å². The Labute approximate surface area is 121 Å². The number of carbonyl (C=O) groups is 1. The number of nitrogens with one attached hydrogen (secondary N) is 3. The maximum absolute atomic E-state index is 12.1. The van der Waals surface area contributed by atoms with E-state index in [9.17, 15) is 9.90 Å². The van der Waals surface area contributed by atoms with Gasteiger partial charge in [0.15, 0.2) is 5.82 Å². The number of hydrogen-bond acceptors (Lipinski definition) is 5. The minimum absolute atomic E-state index is 0.144. The molecule has 1 aromatic heterocycles. The number of hydrogen-bond donors (Lipinski definition) is 4. The lowest BCUT2D eigenvalue weighted by molar-refractivity contribution is -0.117. The molecule has 1 aromatic carbocycles. The van der Waals surface area contributed by atoms with Crippen molar-refractivity contribution in [3.05, 3.63) is 30.1 Å². The van der Waals surface area contributed by atoms with Gasteiger partial charge in [0.25, 0.3) is 0 Å².